The molecule has 0 spiro atoms. The lowest BCUT2D eigenvalue weighted by molar-refractivity contribution is -0.152. The molecule has 2 aromatic carbocycles. The van der Waals surface area contributed by atoms with Gasteiger partial charge in [0.2, 0.25) is 5.91 Å². The second-order valence-corrected chi connectivity index (χ2v) is 6.36. The molecule has 1 atom stereocenters. The molecule has 0 bridgehead atoms. The topological polar surface area (TPSA) is 109 Å². The van der Waals surface area contributed by atoms with Crippen LogP contribution in [-0.4, -0.2) is 37.0 Å². The number of ether oxygens (including phenoxy) is 2. The monoisotopic (exact) mass is 393 g/mol. The molecule has 1 aliphatic rings. The molecule has 0 radical (unpaired) electrons. The minimum absolute atomic E-state index is 0.132. The first-order valence-corrected chi connectivity index (χ1v) is 9.00. The van der Waals surface area contributed by atoms with Gasteiger partial charge in [-0.25, -0.2) is 0 Å². The van der Waals surface area contributed by atoms with Crippen LogP contribution in [0.15, 0.2) is 48.5 Å². The maximum atomic E-state index is 12.4. The van der Waals surface area contributed by atoms with Crippen molar-refractivity contribution in [3.63, 3.8) is 0 Å². The summed E-state index contributed by atoms with van der Waals surface area (Å²) in [5.41, 5.74) is 1.30. The van der Waals surface area contributed by atoms with Crippen LogP contribution in [0.1, 0.15) is 18.9 Å². The molecule has 3 rings (SSSR count). The van der Waals surface area contributed by atoms with E-state index in [9.17, 15) is 14.4 Å². The van der Waals surface area contributed by atoms with Gasteiger partial charge < -0.3 is 14.8 Å². The molecule has 2 aromatic rings. The van der Waals surface area contributed by atoms with E-state index in [0.717, 1.165) is 0 Å². The van der Waals surface area contributed by atoms with Gasteiger partial charge in [0.25, 0.3) is 5.91 Å². The minimum atomic E-state index is -1.08. The molecule has 8 nitrogen and oxygen atoms in total. The molecule has 29 heavy (non-hydrogen) atoms. The van der Waals surface area contributed by atoms with E-state index in [2.05, 4.69) is 5.32 Å². The third-order valence-corrected chi connectivity index (χ3v) is 4.25. The maximum absolute atomic E-state index is 12.4. The summed E-state index contributed by atoms with van der Waals surface area (Å²) in [7, 11) is 0. The summed E-state index contributed by atoms with van der Waals surface area (Å²) in [6, 6.07) is 15.3. The summed E-state index contributed by atoms with van der Waals surface area (Å²) >= 11 is 0. The number of benzene rings is 2. The first kappa shape index (κ1) is 19.9. The number of fused-ring (bicyclic) bond motifs is 1. The van der Waals surface area contributed by atoms with E-state index in [1.54, 1.807) is 42.5 Å². The van der Waals surface area contributed by atoms with Crippen LogP contribution in [-0.2, 0) is 19.1 Å². The number of anilines is 2. The SMILES string of the molecule is C[C@@H](OC(=O)CN1C(=O)CCOc2ccccc21)C(=O)Nc1cccc(C#N)c1. The zero-order chi connectivity index (χ0) is 20.8. The third kappa shape index (κ3) is 4.90. The Hall–Kier alpha value is -3.86. The Morgan fingerprint density at radius 1 is 1.28 bits per heavy atom. The van der Waals surface area contributed by atoms with Crippen molar-refractivity contribution in [2.75, 3.05) is 23.4 Å². The van der Waals surface area contributed by atoms with Crippen molar-refractivity contribution in [2.24, 2.45) is 0 Å². The van der Waals surface area contributed by atoms with E-state index in [1.165, 1.54) is 17.9 Å². The molecule has 8 heteroatoms. The van der Waals surface area contributed by atoms with Gasteiger partial charge in [0.1, 0.15) is 12.3 Å². The first-order chi connectivity index (χ1) is 14.0. The van der Waals surface area contributed by atoms with Crippen molar-refractivity contribution in [2.45, 2.75) is 19.4 Å². The lowest BCUT2D eigenvalue weighted by Crippen LogP contribution is -2.39. The predicted octanol–water partition coefficient (Wildman–Crippen LogP) is 2.24. The summed E-state index contributed by atoms with van der Waals surface area (Å²) < 4.78 is 10.7. The molecular formula is C21H19N3O5. The quantitative estimate of drug-likeness (QED) is 0.781. The van der Waals surface area contributed by atoms with Crippen molar-refractivity contribution in [1.29, 1.82) is 5.26 Å². The highest BCUT2D eigenvalue weighted by atomic mass is 16.5. The van der Waals surface area contributed by atoms with Crippen molar-refractivity contribution in [3.8, 4) is 11.8 Å². The maximum Gasteiger partial charge on any atom is 0.326 e. The van der Waals surface area contributed by atoms with Crippen LogP contribution >= 0.6 is 0 Å². The Bertz CT molecular complexity index is 982. The Kier molecular flexibility index (Phi) is 6.09. The van der Waals surface area contributed by atoms with Crippen LogP contribution in [0.4, 0.5) is 11.4 Å². The number of amides is 2. The third-order valence-electron chi connectivity index (χ3n) is 4.25. The fourth-order valence-electron chi connectivity index (χ4n) is 2.82. The van der Waals surface area contributed by atoms with Crippen LogP contribution in [0, 0.1) is 11.3 Å². The van der Waals surface area contributed by atoms with Gasteiger partial charge in [0.15, 0.2) is 6.10 Å². The van der Waals surface area contributed by atoms with Crippen molar-refractivity contribution in [3.05, 3.63) is 54.1 Å². The normalized spacial score (nSPS) is 13.9. The van der Waals surface area contributed by atoms with Gasteiger partial charge in [-0.1, -0.05) is 18.2 Å². The van der Waals surface area contributed by atoms with Crippen molar-refractivity contribution >= 4 is 29.2 Å². The number of carbonyl (C=O) groups is 3. The smallest absolute Gasteiger partial charge is 0.326 e. The Balaban J connectivity index is 1.63. The van der Waals surface area contributed by atoms with Crippen LogP contribution in [0.25, 0.3) is 0 Å². The lowest BCUT2D eigenvalue weighted by atomic mass is 10.2. The van der Waals surface area contributed by atoms with Gasteiger partial charge in [-0.05, 0) is 37.3 Å². The zero-order valence-corrected chi connectivity index (χ0v) is 15.8. The van der Waals surface area contributed by atoms with Gasteiger partial charge >= 0.3 is 5.97 Å². The molecule has 1 heterocycles. The van der Waals surface area contributed by atoms with Crippen LogP contribution in [0.5, 0.6) is 5.75 Å². The second-order valence-electron chi connectivity index (χ2n) is 6.36. The number of nitrogens with zero attached hydrogens (tertiary/aromatic N) is 2. The van der Waals surface area contributed by atoms with Crippen molar-refractivity contribution in [1.82, 2.24) is 0 Å². The van der Waals surface area contributed by atoms with Gasteiger partial charge in [-0.3, -0.25) is 19.3 Å². The summed E-state index contributed by atoms with van der Waals surface area (Å²) in [6.07, 6.45) is -0.949. The fourth-order valence-corrected chi connectivity index (χ4v) is 2.82. The number of carbonyl (C=O) groups excluding carboxylic acids is 3. The van der Waals surface area contributed by atoms with Gasteiger partial charge in [0, 0.05) is 5.69 Å². The molecule has 1 N–H and O–H groups in total. The molecule has 1 aliphatic heterocycles. The zero-order valence-electron chi connectivity index (χ0n) is 15.8. The van der Waals surface area contributed by atoms with E-state index in [0.29, 0.717) is 22.7 Å². The number of para-hydroxylation sites is 2. The summed E-state index contributed by atoms with van der Waals surface area (Å²) in [5.74, 6) is -1.02. The van der Waals surface area contributed by atoms with Gasteiger partial charge in [-0.2, -0.15) is 5.26 Å². The van der Waals surface area contributed by atoms with Gasteiger partial charge in [-0.15, -0.1) is 0 Å². The van der Waals surface area contributed by atoms with E-state index >= 15 is 0 Å². The molecule has 0 saturated carbocycles. The average Bonchev–Trinajstić information content (AvgIpc) is 2.87. The number of hydrogen-bond donors (Lipinski definition) is 1. The average molecular weight is 393 g/mol. The molecule has 0 saturated heterocycles. The number of esters is 1. The summed E-state index contributed by atoms with van der Waals surface area (Å²) in [5, 5.41) is 11.5. The Morgan fingerprint density at radius 2 is 2.07 bits per heavy atom. The largest absolute Gasteiger partial charge is 0.491 e. The van der Waals surface area contributed by atoms with Crippen LogP contribution in [0.2, 0.25) is 0 Å². The van der Waals surface area contributed by atoms with E-state index in [-0.39, 0.29) is 25.5 Å². The number of nitriles is 1. The highest BCUT2D eigenvalue weighted by Gasteiger charge is 2.27. The molecule has 2 amide bonds. The predicted molar refractivity (Wildman–Crippen MR) is 104 cm³/mol. The summed E-state index contributed by atoms with van der Waals surface area (Å²) in [4.78, 5) is 38.3. The van der Waals surface area contributed by atoms with E-state index in [1.807, 2.05) is 6.07 Å². The molecule has 0 aliphatic carbocycles. The lowest BCUT2D eigenvalue weighted by Gasteiger charge is -2.22. The Labute approximate surface area is 167 Å². The van der Waals surface area contributed by atoms with Crippen LogP contribution in [0.3, 0.4) is 0 Å². The van der Waals surface area contributed by atoms with Crippen LogP contribution < -0.4 is 15.0 Å². The number of rotatable bonds is 5. The van der Waals surface area contributed by atoms with Gasteiger partial charge in [0.05, 0.1) is 30.3 Å². The molecule has 0 unspecified atom stereocenters. The number of nitrogens with one attached hydrogen (secondary N) is 1. The second kappa shape index (κ2) is 8.89. The molecule has 148 valence electrons. The summed E-state index contributed by atoms with van der Waals surface area (Å²) in [6.45, 7) is 1.32. The molecular weight excluding hydrogens is 374 g/mol. The molecule has 0 fully saturated rings. The standard InChI is InChI=1S/C21H19N3O5/c1-14(21(27)23-16-6-4-5-15(11-16)12-22)29-20(26)13-24-17-7-2-3-8-18(17)28-10-9-19(24)25/h2-8,11,14H,9-10,13H2,1H3,(H,23,27)/t14-/m1/s1. The van der Waals surface area contributed by atoms with Crippen molar-refractivity contribution < 1.29 is 23.9 Å². The highest BCUT2D eigenvalue weighted by molar-refractivity contribution is 6.00. The first-order valence-electron chi connectivity index (χ1n) is 9.00. The highest BCUT2D eigenvalue weighted by Crippen LogP contribution is 2.30. The number of hydrogen-bond acceptors (Lipinski definition) is 6. The Morgan fingerprint density at radius 3 is 2.86 bits per heavy atom. The van der Waals surface area contributed by atoms with E-state index < -0.39 is 18.0 Å². The van der Waals surface area contributed by atoms with E-state index in [4.69, 9.17) is 14.7 Å². The molecule has 0 aromatic heterocycles. The fraction of sp³-hybridized carbons (Fsp3) is 0.238. The minimum Gasteiger partial charge on any atom is -0.491 e.